The molecule has 0 saturated carbocycles. The molecular weight excluding hydrogens is 566 g/mol. The molecule has 0 spiro atoms. The number of carbonyl (C=O) groups excluding carboxylic acids is 4. The van der Waals surface area contributed by atoms with Gasteiger partial charge in [-0.15, -0.1) is 0 Å². The van der Waals surface area contributed by atoms with E-state index in [4.69, 9.17) is 11.5 Å². The predicted octanol–water partition coefficient (Wildman–Crippen LogP) is 1.61. The molecule has 1 aromatic heterocycles. The smallest absolute Gasteiger partial charge is 0.383 e. The van der Waals surface area contributed by atoms with Gasteiger partial charge in [-0.2, -0.15) is 0 Å². The Morgan fingerprint density at radius 2 is 1.70 bits per heavy atom. The first-order chi connectivity index (χ1) is 20.6. The van der Waals surface area contributed by atoms with Crippen LogP contribution in [0, 0.1) is 5.92 Å². The summed E-state index contributed by atoms with van der Waals surface area (Å²) in [5, 5.41) is 25.0. The molecule has 1 saturated heterocycles. The average molecular weight is 607 g/mol. The molecule has 2 heterocycles. The number of primary amides is 1. The van der Waals surface area contributed by atoms with Crippen LogP contribution in [-0.2, 0) is 25.6 Å². The molecule has 0 aliphatic carbocycles. The largest absolute Gasteiger partial charge is 0.475 e. The Bertz CT molecular complexity index is 1550. The van der Waals surface area contributed by atoms with Crippen molar-refractivity contribution >= 4 is 40.4 Å². The molecule has 44 heavy (non-hydrogen) atoms. The molecule has 4 rings (SSSR count). The molecule has 1 aliphatic heterocycles. The van der Waals surface area contributed by atoms with Crippen molar-refractivity contribution in [1.29, 1.82) is 0 Å². The van der Waals surface area contributed by atoms with Gasteiger partial charge < -0.3 is 26.2 Å². The Kier molecular flexibility index (Phi) is 9.10. The molecule has 8 N–H and O–H groups in total. The number of aliphatic hydroxyl groups excluding tert-OH is 1. The summed E-state index contributed by atoms with van der Waals surface area (Å²) in [4.78, 5) is 69.5. The zero-order valence-electron chi connectivity index (χ0n) is 25.1. The van der Waals surface area contributed by atoms with Gasteiger partial charge in [0.1, 0.15) is 11.6 Å². The summed E-state index contributed by atoms with van der Waals surface area (Å²) in [5.74, 6) is -6.39. The monoisotopic (exact) mass is 606 g/mol. The standard InChI is InChI=1S/C32H39N5O7/c1-31(2,3)37(29(42)25(38)14-13-19-9-5-4-6-10-19)16-15-21(32(37,34)30(43)44)27(40)23(18-26(33)39)36-28(41)24-17-20-11-7-8-12-22(20)35-24/h4-12,17,21,23,25,38H,13-16,18,34H2,1-3H3,(H4-,33,35,36,39,41,43,44)/p+1/t21-,23+,25?,32+,37?/m1/s1. The first-order valence-electron chi connectivity index (χ1n) is 14.5. The van der Waals surface area contributed by atoms with Crippen LogP contribution in [0.25, 0.3) is 10.9 Å². The number of H-pyrrole nitrogens is 1. The lowest BCUT2D eigenvalue weighted by atomic mass is 9.82. The number of aromatic nitrogens is 1. The fourth-order valence-corrected chi connectivity index (χ4v) is 6.60. The third-order valence-electron chi connectivity index (χ3n) is 8.79. The Balaban J connectivity index is 1.67. The van der Waals surface area contributed by atoms with Gasteiger partial charge in [0, 0.05) is 17.3 Å². The lowest BCUT2D eigenvalue weighted by Crippen LogP contribution is -2.81. The van der Waals surface area contributed by atoms with Gasteiger partial charge in [0.15, 0.2) is 11.9 Å². The van der Waals surface area contributed by atoms with Crippen LogP contribution in [0.4, 0.5) is 0 Å². The average Bonchev–Trinajstić information content (AvgIpc) is 3.55. The Morgan fingerprint density at radius 3 is 2.30 bits per heavy atom. The van der Waals surface area contributed by atoms with Crippen molar-refractivity contribution < 1.29 is 38.7 Å². The minimum atomic E-state index is -2.53. The number of aliphatic carboxylic acids is 1. The van der Waals surface area contributed by atoms with Crippen molar-refractivity contribution in [3.8, 4) is 0 Å². The zero-order valence-corrected chi connectivity index (χ0v) is 25.1. The number of quaternary nitrogens is 1. The van der Waals surface area contributed by atoms with Gasteiger partial charge in [-0.3, -0.25) is 20.1 Å². The molecule has 3 amide bonds. The Hall–Kier alpha value is -4.39. The topological polar surface area (TPSA) is 206 Å². The van der Waals surface area contributed by atoms with Crippen LogP contribution < -0.4 is 16.8 Å². The van der Waals surface area contributed by atoms with Crippen LogP contribution in [0.5, 0.6) is 0 Å². The summed E-state index contributed by atoms with van der Waals surface area (Å²) in [6.07, 6.45) is -1.97. The quantitative estimate of drug-likeness (QED) is 0.176. The minimum Gasteiger partial charge on any atom is -0.475 e. The van der Waals surface area contributed by atoms with E-state index in [0.29, 0.717) is 11.9 Å². The highest BCUT2D eigenvalue weighted by atomic mass is 16.4. The number of nitrogens with one attached hydrogen (secondary N) is 2. The number of nitrogens with zero attached hydrogens (tertiary/aromatic N) is 1. The van der Waals surface area contributed by atoms with E-state index in [1.54, 1.807) is 51.1 Å². The number of hydrogen-bond acceptors (Lipinski definition) is 7. The summed E-state index contributed by atoms with van der Waals surface area (Å²) >= 11 is 0. The number of aryl methyl sites for hydroxylation is 1. The zero-order chi connectivity index (χ0) is 32.4. The molecule has 1 fully saturated rings. The Labute approximate surface area is 255 Å². The lowest BCUT2D eigenvalue weighted by Gasteiger charge is -2.51. The molecule has 0 bridgehead atoms. The highest BCUT2D eigenvalue weighted by Gasteiger charge is 2.74. The molecule has 5 atom stereocenters. The van der Waals surface area contributed by atoms with Gasteiger partial charge >= 0.3 is 11.9 Å². The van der Waals surface area contributed by atoms with Crippen molar-refractivity contribution in [3.63, 3.8) is 0 Å². The van der Waals surface area contributed by atoms with E-state index < -0.39 is 69.6 Å². The van der Waals surface area contributed by atoms with E-state index in [1.165, 1.54) is 0 Å². The van der Waals surface area contributed by atoms with Crippen molar-refractivity contribution in [2.45, 2.75) is 69.8 Å². The molecule has 3 aromatic rings. The summed E-state index contributed by atoms with van der Waals surface area (Å²) in [6, 6.07) is 16.4. The van der Waals surface area contributed by atoms with E-state index in [9.17, 15) is 34.2 Å². The summed E-state index contributed by atoms with van der Waals surface area (Å²) in [6.45, 7) is 4.73. The van der Waals surface area contributed by atoms with Gasteiger partial charge in [0.05, 0.1) is 24.5 Å². The fourth-order valence-electron chi connectivity index (χ4n) is 6.60. The van der Waals surface area contributed by atoms with Crippen molar-refractivity contribution in [2.75, 3.05) is 6.54 Å². The number of carbonyl (C=O) groups is 5. The first kappa shape index (κ1) is 32.5. The second-order valence-corrected chi connectivity index (χ2v) is 12.4. The molecule has 12 nitrogen and oxygen atoms in total. The maximum absolute atomic E-state index is 14.1. The number of aromatic amines is 1. The number of rotatable bonds is 11. The second kappa shape index (κ2) is 12.3. The number of fused-ring (bicyclic) bond motifs is 1. The van der Waals surface area contributed by atoms with Crippen LogP contribution in [0.3, 0.4) is 0 Å². The highest BCUT2D eigenvalue weighted by molar-refractivity contribution is 6.03. The van der Waals surface area contributed by atoms with E-state index in [0.717, 1.165) is 10.9 Å². The van der Waals surface area contributed by atoms with Gasteiger partial charge in [-0.1, -0.05) is 48.5 Å². The molecule has 2 aromatic carbocycles. The molecule has 0 radical (unpaired) electrons. The molecule has 1 aliphatic rings. The van der Waals surface area contributed by atoms with Crippen LogP contribution >= 0.6 is 0 Å². The number of Topliss-reactive ketones (excluding diaryl/α,β-unsaturated/α-hetero) is 1. The maximum atomic E-state index is 14.1. The van der Waals surface area contributed by atoms with Crippen LogP contribution in [0.2, 0.25) is 0 Å². The van der Waals surface area contributed by atoms with E-state index in [-0.39, 0.29) is 25.1 Å². The van der Waals surface area contributed by atoms with Gasteiger partial charge in [-0.05, 0) is 51.3 Å². The van der Waals surface area contributed by atoms with Crippen molar-refractivity contribution in [1.82, 2.24) is 10.3 Å². The summed E-state index contributed by atoms with van der Waals surface area (Å²) in [5.41, 5.74) is 10.1. The Morgan fingerprint density at radius 1 is 1.07 bits per heavy atom. The number of para-hydroxylation sites is 1. The van der Waals surface area contributed by atoms with E-state index in [1.807, 2.05) is 30.3 Å². The third-order valence-corrected chi connectivity index (χ3v) is 8.79. The van der Waals surface area contributed by atoms with Crippen LogP contribution in [0.1, 0.15) is 56.1 Å². The fraction of sp³-hybridized carbons (Fsp3) is 0.406. The second-order valence-electron chi connectivity index (χ2n) is 12.4. The minimum absolute atomic E-state index is 0.0120. The number of likely N-dealkylation sites (tertiary alicyclic amines) is 1. The van der Waals surface area contributed by atoms with Crippen molar-refractivity contribution in [3.05, 3.63) is 71.9 Å². The number of carboxylic acids is 1. The van der Waals surface area contributed by atoms with Gasteiger partial charge in [-0.25, -0.2) is 14.1 Å². The normalized spacial score (nSPS) is 23.2. The molecule has 2 unspecified atom stereocenters. The first-order valence-corrected chi connectivity index (χ1v) is 14.5. The van der Waals surface area contributed by atoms with Crippen LogP contribution in [-0.4, -0.2) is 79.0 Å². The molecule has 12 heteroatoms. The van der Waals surface area contributed by atoms with Gasteiger partial charge in [0.2, 0.25) is 5.91 Å². The number of amides is 3. The van der Waals surface area contributed by atoms with Crippen LogP contribution in [0.15, 0.2) is 60.7 Å². The van der Waals surface area contributed by atoms with Crippen molar-refractivity contribution in [2.24, 2.45) is 17.4 Å². The number of ketones is 1. The summed E-state index contributed by atoms with van der Waals surface area (Å²) < 4.78 is -0.916. The predicted molar refractivity (Wildman–Crippen MR) is 162 cm³/mol. The van der Waals surface area contributed by atoms with E-state index in [2.05, 4.69) is 10.3 Å². The van der Waals surface area contributed by atoms with Gasteiger partial charge in [0.25, 0.3) is 11.6 Å². The number of carboxylic acid groups (broad SMARTS) is 1. The highest BCUT2D eigenvalue weighted by Crippen LogP contribution is 2.47. The third kappa shape index (κ3) is 5.75. The van der Waals surface area contributed by atoms with E-state index >= 15 is 0 Å². The number of benzene rings is 2. The molecular formula is C32H40N5O7+. The number of aliphatic hydroxyl groups is 1. The molecule has 234 valence electrons. The summed E-state index contributed by atoms with van der Waals surface area (Å²) in [7, 11) is 0. The maximum Gasteiger partial charge on any atom is 0.383 e. The lowest BCUT2D eigenvalue weighted by molar-refractivity contribution is -0.930. The number of hydrogen-bond donors (Lipinski definition) is 6. The number of nitrogens with two attached hydrogens (primary N) is 2. The SMILES string of the molecule is CC(C)(C)[N+]1(C(=O)C(O)CCc2ccccc2)CC[C@H](C(=O)[C@H](CC(N)=O)NC(=O)c2cc3ccccc3[nH]2)[C@@]1(N)C(=O)O.